The maximum atomic E-state index is 11.0. The lowest BCUT2D eigenvalue weighted by atomic mass is 9.97. The highest BCUT2D eigenvalue weighted by atomic mass is 16.5. The fourth-order valence-electron chi connectivity index (χ4n) is 2.57. The number of carbonyl (C=O) groups is 1. The largest absolute Gasteiger partial charge is 0.463 e. The van der Waals surface area contributed by atoms with Gasteiger partial charge >= 0.3 is 5.97 Å². The average molecular weight is 282 g/mol. The molecular formula is C16H26O4. The minimum absolute atomic E-state index is 0.00247. The minimum Gasteiger partial charge on any atom is -0.463 e. The Kier molecular flexibility index (Phi) is 7.55. The number of rotatable bonds is 9. The molecule has 20 heavy (non-hydrogen) atoms. The maximum Gasteiger partial charge on any atom is 0.305 e. The van der Waals surface area contributed by atoms with Gasteiger partial charge in [0, 0.05) is 6.42 Å². The fraction of sp³-hybridized carbons (Fsp3) is 0.688. The Hall–Kier alpha value is -1.13. The molecule has 4 atom stereocenters. The molecule has 1 aliphatic carbocycles. The first-order valence-electron chi connectivity index (χ1n) is 7.27. The van der Waals surface area contributed by atoms with Gasteiger partial charge in [0.15, 0.2) is 0 Å². The Labute approximate surface area is 121 Å². The molecule has 0 aromatic carbocycles. The zero-order valence-electron chi connectivity index (χ0n) is 12.3. The van der Waals surface area contributed by atoms with E-state index in [1.807, 2.05) is 12.2 Å². The summed E-state index contributed by atoms with van der Waals surface area (Å²) in [5.41, 5.74) is 0. The van der Waals surface area contributed by atoms with Gasteiger partial charge in [-0.05, 0) is 30.6 Å². The van der Waals surface area contributed by atoms with Gasteiger partial charge in [-0.15, -0.1) is 13.2 Å². The Morgan fingerprint density at radius 3 is 2.70 bits per heavy atom. The van der Waals surface area contributed by atoms with E-state index in [1.165, 1.54) is 0 Å². The Bertz CT molecular complexity index is 326. The lowest BCUT2D eigenvalue weighted by Crippen LogP contribution is -2.25. The minimum atomic E-state index is -0.760. The summed E-state index contributed by atoms with van der Waals surface area (Å²) < 4.78 is 10.4. The second-order valence-corrected chi connectivity index (χ2v) is 5.35. The fourth-order valence-corrected chi connectivity index (χ4v) is 2.57. The molecule has 0 heterocycles. The average Bonchev–Trinajstić information content (AvgIpc) is 2.87. The summed E-state index contributed by atoms with van der Waals surface area (Å²) in [5.74, 6) is 1.11. The zero-order valence-corrected chi connectivity index (χ0v) is 12.3. The molecule has 4 nitrogen and oxygen atoms in total. The molecule has 4 heteroatoms. The van der Waals surface area contributed by atoms with Crippen molar-refractivity contribution in [2.24, 2.45) is 17.8 Å². The summed E-state index contributed by atoms with van der Waals surface area (Å²) in [7, 11) is 0. The number of allylic oxidation sites excluding steroid dienone is 2. The molecule has 1 aliphatic rings. The van der Waals surface area contributed by atoms with Crippen molar-refractivity contribution in [1.29, 1.82) is 0 Å². The van der Waals surface area contributed by atoms with Crippen LogP contribution in [0.1, 0.15) is 26.2 Å². The summed E-state index contributed by atoms with van der Waals surface area (Å²) in [4.78, 5) is 11.0. The number of hydrogen-bond acceptors (Lipinski definition) is 4. The number of hydrogen-bond donors (Lipinski definition) is 1. The van der Waals surface area contributed by atoms with Crippen molar-refractivity contribution < 1.29 is 19.4 Å². The molecule has 1 rings (SSSR count). The van der Waals surface area contributed by atoms with Crippen molar-refractivity contribution in [3.05, 3.63) is 25.3 Å². The van der Waals surface area contributed by atoms with E-state index in [0.29, 0.717) is 30.8 Å². The van der Waals surface area contributed by atoms with Crippen LogP contribution < -0.4 is 0 Å². The van der Waals surface area contributed by atoms with E-state index in [-0.39, 0.29) is 19.2 Å². The molecule has 0 spiro atoms. The Balaban J connectivity index is 2.21. The molecule has 0 aromatic heterocycles. The van der Waals surface area contributed by atoms with Gasteiger partial charge in [0.2, 0.25) is 0 Å². The first kappa shape index (κ1) is 16.9. The predicted octanol–water partition coefficient (Wildman–Crippen LogP) is 2.33. The van der Waals surface area contributed by atoms with Gasteiger partial charge in [0.1, 0.15) is 12.7 Å². The van der Waals surface area contributed by atoms with Crippen LogP contribution in [0.25, 0.3) is 0 Å². The van der Waals surface area contributed by atoms with Crippen LogP contribution in [-0.4, -0.2) is 37.0 Å². The van der Waals surface area contributed by atoms with Crippen LogP contribution in [0.3, 0.4) is 0 Å². The molecule has 0 saturated heterocycles. The first-order valence-corrected chi connectivity index (χ1v) is 7.27. The SMILES string of the molecule is C=CC1CC(C=C)C(COCC(O)COC(=O)CC)C1. The summed E-state index contributed by atoms with van der Waals surface area (Å²) in [5, 5.41) is 9.65. The number of ether oxygens (including phenoxy) is 2. The van der Waals surface area contributed by atoms with Gasteiger partial charge in [-0.25, -0.2) is 0 Å². The third kappa shape index (κ3) is 5.47. The lowest BCUT2D eigenvalue weighted by Gasteiger charge is -2.17. The van der Waals surface area contributed by atoms with E-state index in [1.54, 1.807) is 6.92 Å². The van der Waals surface area contributed by atoms with E-state index in [0.717, 1.165) is 12.8 Å². The molecule has 4 unspecified atom stereocenters. The first-order chi connectivity index (χ1) is 9.60. The smallest absolute Gasteiger partial charge is 0.305 e. The van der Waals surface area contributed by atoms with Crippen LogP contribution in [0, 0.1) is 17.8 Å². The maximum absolute atomic E-state index is 11.0. The summed E-state index contributed by atoms with van der Waals surface area (Å²) >= 11 is 0. The highest BCUT2D eigenvalue weighted by Gasteiger charge is 2.30. The van der Waals surface area contributed by atoms with Crippen molar-refractivity contribution in [2.75, 3.05) is 19.8 Å². The van der Waals surface area contributed by atoms with Crippen molar-refractivity contribution in [1.82, 2.24) is 0 Å². The van der Waals surface area contributed by atoms with Crippen LogP contribution in [-0.2, 0) is 14.3 Å². The number of esters is 1. The van der Waals surface area contributed by atoms with E-state index in [2.05, 4.69) is 13.2 Å². The van der Waals surface area contributed by atoms with Crippen molar-refractivity contribution in [3.63, 3.8) is 0 Å². The van der Waals surface area contributed by atoms with Gasteiger partial charge in [-0.1, -0.05) is 19.1 Å². The van der Waals surface area contributed by atoms with Crippen LogP contribution in [0.15, 0.2) is 25.3 Å². The molecule has 1 N–H and O–H groups in total. The van der Waals surface area contributed by atoms with Crippen molar-refractivity contribution in [3.8, 4) is 0 Å². The standard InChI is InChI=1S/C16H26O4/c1-4-12-7-13(5-2)14(8-12)9-19-10-15(17)11-20-16(18)6-3/h4-5,12-15,17H,1-2,6-11H2,3H3. The van der Waals surface area contributed by atoms with E-state index >= 15 is 0 Å². The van der Waals surface area contributed by atoms with E-state index in [4.69, 9.17) is 9.47 Å². The molecule has 0 amide bonds. The second kappa shape index (κ2) is 8.93. The van der Waals surface area contributed by atoms with Crippen LogP contribution in [0.2, 0.25) is 0 Å². The van der Waals surface area contributed by atoms with Gasteiger partial charge < -0.3 is 14.6 Å². The van der Waals surface area contributed by atoms with Gasteiger partial charge in [-0.3, -0.25) is 4.79 Å². The molecular weight excluding hydrogens is 256 g/mol. The normalized spacial score (nSPS) is 27.0. The molecule has 1 fully saturated rings. The second-order valence-electron chi connectivity index (χ2n) is 5.35. The lowest BCUT2D eigenvalue weighted by molar-refractivity contribution is -0.147. The number of carbonyl (C=O) groups excluding carboxylic acids is 1. The molecule has 1 saturated carbocycles. The third-order valence-electron chi connectivity index (χ3n) is 3.79. The summed E-state index contributed by atoms with van der Waals surface area (Å²) in [6.07, 6.45) is 5.68. The quantitative estimate of drug-likeness (QED) is 0.521. The third-order valence-corrected chi connectivity index (χ3v) is 3.79. The van der Waals surface area contributed by atoms with Crippen LogP contribution in [0.5, 0.6) is 0 Å². The zero-order chi connectivity index (χ0) is 15.0. The number of aliphatic hydroxyl groups is 1. The number of aliphatic hydroxyl groups excluding tert-OH is 1. The Morgan fingerprint density at radius 1 is 1.35 bits per heavy atom. The summed E-state index contributed by atoms with van der Waals surface area (Å²) in [6, 6.07) is 0. The topological polar surface area (TPSA) is 55.8 Å². The predicted molar refractivity (Wildman–Crippen MR) is 78.2 cm³/mol. The summed E-state index contributed by atoms with van der Waals surface area (Å²) in [6.45, 7) is 10.2. The van der Waals surface area contributed by atoms with Gasteiger partial charge in [0.05, 0.1) is 13.2 Å². The van der Waals surface area contributed by atoms with Crippen LogP contribution >= 0.6 is 0 Å². The molecule has 0 bridgehead atoms. The van der Waals surface area contributed by atoms with E-state index in [9.17, 15) is 9.90 Å². The molecule has 0 aliphatic heterocycles. The van der Waals surface area contributed by atoms with Crippen LogP contribution in [0.4, 0.5) is 0 Å². The molecule has 0 radical (unpaired) electrons. The molecule has 114 valence electrons. The monoisotopic (exact) mass is 282 g/mol. The Morgan fingerprint density at radius 2 is 2.10 bits per heavy atom. The van der Waals surface area contributed by atoms with Crippen molar-refractivity contribution >= 4 is 5.97 Å². The highest BCUT2D eigenvalue weighted by Crippen LogP contribution is 2.37. The molecule has 0 aromatic rings. The highest BCUT2D eigenvalue weighted by molar-refractivity contribution is 5.68. The van der Waals surface area contributed by atoms with Gasteiger partial charge in [-0.2, -0.15) is 0 Å². The van der Waals surface area contributed by atoms with Gasteiger partial charge in [0.25, 0.3) is 0 Å². The van der Waals surface area contributed by atoms with E-state index < -0.39 is 6.10 Å². The van der Waals surface area contributed by atoms with Crippen molar-refractivity contribution in [2.45, 2.75) is 32.3 Å².